The number of aromatic nitrogens is 2. The van der Waals surface area contributed by atoms with Gasteiger partial charge in [0.1, 0.15) is 5.82 Å². The van der Waals surface area contributed by atoms with Crippen molar-refractivity contribution < 1.29 is 0 Å². The molecule has 5 nitrogen and oxygen atoms in total. The Morgan fingerprint density at radius 3 is 2.58 bits per heavy atom. The first-order valence-electron chi connectivity index (χ1n) is 9.94. The molecule has 3 heterocycles. The third-order valence-corrected chi connectivity index (χ3v) is 5.94. The lowest BCUT2D eigenvalue weighted by atomic mass is 10.1. The van der Waals surface area contributed by atoms with Crippen molar-refractivity contribution in [1.82, 2.24) is 14.9 Å². The van der Waals surface area contributed by atoms with E-state index in [0.717, 1.165) is 36.6 Å². The van der Waals surface area contributed by atoms with E-state index in [1.54, 1.807) is 0 Å². The standard InChI is InChI=1S/C21H26N4O/c26-21-18-14-24(12-9-19(18)22-20(23-21)16-5-6-16)13-15-3-7-17(8-4-15)25-10-1-2-11-25/h3-4,7-8,16H,1-2,5-6,9-14H2,(H,22,23,26). The Hall–Kier alpha value is -2.14. The predicted octanol–water partition coefficient (Wildman–Crippen LogP) is 2.81. The SMILES string of the molecule is O=c1[nH]c(C2CC2)nc2c1CN(Cc1ccc(N3CCCC3)cc1)CC2. The highest BCUT2D eigenvalue weighted by Crippen LogP contribution is 2.37. The van der Waals surface area contributed by atoms with E-state index in [1.807, 2.05) is 0 Å². The first kappa shape index (κ1) is 16.1. The van der Waals surface area contributed by atoms with Crippen LogP contribution in [-0.4, -0.2) is 34.5 Å². The fourth-order valence-corrected chi connectivity index (χ4v) is 4.23. The van der Waals surface area contributed by atoms with Gasteiger partial charge in [-0.1, -0.05) is 12.1 Å². The summed E-state index contributed by atoms with van der Waals surface area (Å²) in [5.41, 5.74) is 4.62. The van der Waals surface area contributed by atoms with Crippen LogP contribution in [0.5, 0.6) is 0 Å². The van der Waals surface area contributed by atoms with Gasteiger partial charge in [0, 0.05) is 50.7 Å². The smallest absolute Gasteiger partial charge is 0.255 e. The van der Waals surface area contributed by atoms with E-state index in [4.69, 9.17) is 4.98 Å². The minimum absolute atomic E-state index is 0.0750. The molecule has 1 aromatic carbocycles. The second kappa shape index (κ2) is 6.54. The van der Waals surface area contributed by atoms with Crippen LogP contribution in [0.3, 0.4) is 0 Å². The van der Waals surface area contributed by atoms with E-state index < -0.39 is 0 Å². The Kier molecular flexibility index (Phi) is 4.04. The number of nitrogens with one attached hydrogen (secondary N) is 1. The van der Waals surface area contributed by atoms with Gasteiger partial charge < -0.3 is 9.88 Å². The molecule has 0 unspecified atom stereocenters. The van der Waals surface area contributed by atoms with Crippen molar-refractivity contribution in [3.63, 3.8) is 0 Å². The van der Waals surface area contributed by atoms with Crippen molar-refractivity contribution in [2.45, 2.75) is 51.1 Å². The van der Waals surface area contributed by atoms with Crippen molar-refractivity contribution in [2.24, 2.45) is 0 Å². The molecule has 1 saturated heterocycles. The van der Waals surface area contributed by atoms with Crippen LogP contribution >= 0.6 is 0 Å². The zero-order chi connectivity index (χ0) is 17.5. The number of H-pyrrole nitrogens is 1. The van der Waals surface area contributed by atoms with Gasteiger partial charge in [-0.15, -0.1) is 0 Å². The first-order chi connectivity index (χ1) is 12.8. The number of benzene rings is 1. The Morgan fingerprint density at radius 1 is 1.08 bits per heavy atom. The molecule has 1 saturated carbocycles. The van der Waals surface area contributed by atoms with Gasteiger partial charge in [-0.2, -0.15) is 0 Å². The number of nitrogens with zero attached hydrogens (tertiary/aromatic N) is 3. The van der Waals surface area contributed by atoms with Gasteiger partial charge in [-0.05, 0) is 43.4 Å². The Balaban J connectivity index is 1.28. The zero-order valence-corrected chi connectivity index (χ0v) is 15.2. The summed E-state index contributed by atoms with van der Waals surface area (Å²) in [6, 6.07) is 8.97. The summed E-state index contributed by atoms with van der Waals surface area (Å²) in [5.74, 6) is 1.42. The molecule has 0 bridgehead atoms. The van der Waals surface area contributed by atoms with Crippen LogP contribution in [0, 0.1) is 0 Å². The molecule has 5 rings (SSSR count). The molecule has 0 radical (unpaired) electrons. The highest BCUT2D eigenvalue weighted by atomic mass is 16.1. The molecule has 1 N–H and O–H groups in total. The number of rotatable bonds is 4. The van der Waals surface area contributed by atoms with Crippen molar-refractivity contribution in [3.05, 3.63) is 57.3 Å². The van der Waals surface area contributed by atoms with Crippen molar-refractivity contribution in [3.8, 4) is 0 Å². The maximum absolute atomic E-state index is 12.5. The second-order valence-corrected chi connectivity index (χ2v) is 7.97. The van der Waals surface area contributed by atoms with Crippen LogP contribution in [0.4, 0.5) is 5.69 Å². The summed E-state index contributed by atoms with van der Waals surface area (Å²) in [4.78, 5) is 25.1. The molecule has 136 valence electrons. The minimum atomic E-state index is 0.0750. The fraction of sp³-hybridized carbons (Fsp3) is 0.524. The maximum Gasteiger partial charge on any atom is 0.255 e. The van der Waals surface area contributed by atoms with Crippen LogP contribution in [-0.2, 0) is 19.5 Å². The quantitative estimate of drug-likeness (QED) is 0.921. The molecule has 0 atom stereocenters. The molecule has 1 aromatic heterocycles. The number of fused-ring (bicyclic) bond motifs is 1. The van der Waals surface area contributed by atoms with Gasteiger partial charge >= 0.3 is 0 Å². The monoisotopic (exact) mass is 350 g/mol. The normalized spacial score (nSPS) is 20.4. The summed E-state index contributed by atoms with van der Waals surface area (Å²) in [5, 5.41) is 0. The molecule has 2 aliphatic heterocycles. The molecule has 3 aliphatic rings. The Morgan fingerprint density at radius 2 is 1.85 bits per heavy atom. The summed E-state index contributed by atoms with van der Waals surface area (Å²) in [6.45, 7) is 4.93. The van der Waals surface area contributed by atoms with E-state index >= 15 is 0 Å². The lowest BCUT2D eigenvalue weighted by Gasteiger charge is -2.28. The number of hydrogen-bond donors (Lipinski definition) is 1. The summed E-state index contributed by atoms with van der Waals surface area (Å²) < 4.78 is 0. The lowest BCUT2D eigenvalue weighted by molar-refractivity contribution is 0.241. The van der Waals surface area contributed by atoms with Crippen LogP contribution in [0.1, 0.15) is 54.2 Å². The van der Waals surface area contributed by atoms with E-state index in [-0.39, 0.29) is 5.56 Å². The maximum atomic E-state index is 12.5. The number of anilines is 1. The fourth-order valence-electron chi connectivity index (χ4n) is 4.23. The van der Waals surface area contributed by atoms with Gasteiger partial charge in [0.05, 0.1) is 11.3 Å². The summed E-state index contributed by atoms with van der Waals surface area (Å²) in [7, 11) is 0. The number of hydrogen-bond acceptors (Lipinski definition) is 4. The molecular formula is C21H26N4O. The largest absolute Gasteiger partial charge is 0.372 e. The molecule has 0 amide bonds. The van der Waals surface area contributed by atoms with Gasteiger partial charge in [-0.3, -0.25) is 9.69 Å². The van der Waals surface area contributed by atoms with Crippen LogP contribution in [0.15, 0.2) is 29.1 Å². The molecule has 2 fully saturated rings. The van der Waals surface area contributed by atoms with Crippen LogP contribution in [0.25, 0.3) is 0 Å². The van der Waals surface area contributed by atoms with Gasteiger partial charge in [0.25, 0.3) is 5.56 Å². The van der Waals surface area contributed by atoms with Gasteiger partial charge in [0.2, 0.25) is 0 Å². The van der Waals surface area contributed by atoms with Crippen LogP contribution < -0.4 is 10.5 Å². The Labute approximate surface area is 154 Å². The molecule has 1 aliphatic carbocycles. The van der Waals surface area contributed by atoms with E-state index in [9.17, 15) is 4.79 Å². The Bertz CT molecular complexity index is 847. The van der Waals surface area contributed by atoms with E-state index in [0.29, 0.717) is 12.5 Å². The molecular weight excluding hydrogens is 324 g/mol. The van der Waals surface area contributed by atoms with E-state index in [1.165, 1.54) is 50.0 Å². The molecule has 0 spiro atoms. The average molecular weight is 350 g/mol. The third kappa shape index (κ3) is 3.16. The molecule has 2 aromatic rings. The third-order valence-electron chi connectivity index (χ3n) is 5.94. The first-order valence-corrected chi connectivity index (χ1v) is 9.94. The summed E-state index contributed by atoms with van der Waals surface area (Å²) >= 11 is 0. The average Bonchev–Trinajstić information content (AvgIpc) is 3.37. The predicted molar refractivity (Wildman–Crippen MR) is 103 cm³/mol. The lowest BCUT2D eigenvalue weighted by Crippen LogP contribution is -2.35. The summed E-state index contributed by atoms with van der Waals surface area (Å²) in [6.07, 6.45) is 5.83. The zero-order valence-electron chi connectivity index (χ0n) is 15.2. The highest BCUT2D eigenvalue weighted by molar-refractivity contribution is 5.48. The minimum Gasteiger partial charge on any atom is -0.372 e. The number of aromatic amines is 1. The van der Waals surface area contributed by atoms with Crippen molar-refractivity contribution >= 4 is 5.69 Å². The van der Waals surface area contributed by atoms with Gasteiger partial charge in [-0.25, -0.2) is 4.98 Å². The van der Waals surface area contributed by atoms with Crippen LogP contribution in [0.2, 0.25) is 0 Å². The van der Waals surface area contributed by atoms with Crippen molar-refractivity contribution in [2.75, 3.05) is 24.5 Å². The second-order valence-electron chi connectivity index (χ2n) is 7.97. The van der Waals surface area contributed by atoms with Crippen molar-refractivity contribution in [1.29, 1.82) is 0 Å². The van der Waals surface area contributed by atoms with E-state index in [2.05, 4.69) is 39.0 Å². The highest BCUT2D eigenvalue weighted by Gasteiger charge is 2.29. The molecule has 5 heteroatoms. The molecule has 26 heavy (non-hydrogen) atoms. The van der Waals surface area contributed by atoms with Gasteiger partial charge in [0.15, 0.2) is 0 Å². The topological polar surface area (TPSA) is 52.2 Å².